The molecule has 1 aromatic heterocycles. The van der Waals surface area contributed by atoms with E-state index in [-0.39, 0.29) is 16.7 Å². The van der Waals surface area contributed by atoms with Crippen LogP contribution in [0.2, 0.25) is 4.34 Å². The number of nitrogens with one attached hydrogen (secondary N) is 1. The summed E-state index contributed by atoms with van der Waals surface area (Å²) >= 11 is 6.86. The van der Waals surface area contributed by atoms with E-state index in [9.17, 15) is 13.5 Å². The van der Waals surface area contributed by atoms with E-state index < -0.39 is 16.1 Å². The summed E-state index contributed by atoms with van der Waals surface area (Å²) in [4.78, 5) is 0. The predicted molar refractivity (Wildman–Crippen MR) is 115 cm³/mol. The zero-order chi connectivity index (χ0) is 20.1. The van der Waals surface area contributed by atoms with Crippen molar-refractivity contribution in [2.24, 2.45) is 0 Å². The topological polar surface area (TPSA) is 66.4 Å². The minimum absolute atomic E-state index is 0.144. The third-order valence-electron chi connectivity index (χ3n) is 4.69. The molecule has 2 atom stereocenters. The van der Waals surface area contributed by atoms with Gasteiger partial charge in [0.1, 0.15) is 4.21 Å². The van der Waals surface area contributed by atoms with Crippen LogP contribution >= 0.6 is 22.9 Å². The van der Waals surface area contributed by atoms with Crippen molar-refractivity contribution in [2.75, 3.05) is 6.61 Å². The number of hydrogen-bond donors (Lipinski definition) is 2. The molecule has 0 aliphatic heterocycles. The van der Waals surface area contributed by atoms with E-state index in [1.165, 1.54) is 6.07 Å². The molecule has 3 rings (SSSR count). The van der Waals surface area contributed by atoms with Crippen molar-refractivity contribution in [3.05, 3.63) is 76.6 Å². The summed E-state index contributed by atoms with van der Waals surface area (Å²) in [5.74, 6) is -0.153. The number of aliphatic hydroxyl groups excluding tert-OH is 1. The largest absolute Gasteiger partial charge is 0.395 e. The summed E-state index contributed by atoms with van der Waals surface area (Å²) in [6.45, 7) is 1.69. The molecule has 0 aliphatic carbocycles. The van der Waals surface area contributed by atoms with Crippen LogP contribution in [-0.4, -0.2) is 26.2 Å². The zero-order valence-electron chi connectivity index (χ0n) is 15.4. The van der Waals surface area contributed by atoms with E-state index in [1.54, 1.807) is 6.07 Å². The molecule has 148 valence electrons. The number of benzene rings is 2. The van der Waals surface area contributed by atoms with Gasteiger partial charge >= 0.3 is 0 Å². The van der Waals surface area contributed by atoms with Gasteiger partial charge in [-0.15, -0.1) is 11.3 Å². The first kappa shape index (κ1) is 21.0. The standard InChI is InChI=1S/C21H22ClNO3S2/c1-2-18(17-10-8-16(9-11-17)15-6-4-3-5-7-15)19(14-24)23-28(25,26)21-13-12-20(22)27-21/h3-13,18-19,23-24H,2,14H2,1H3/t18-,19+/m1/s1. The average Bonchev–Trinajstić information content (AvgIpc) is 3.16. The molecule has 0 spiro atoms. The van der Waals surface area contributed by atoms with Gasteiger partial charge in [0.05, 0.1) is 17.0 Å². The Labute approximate surface area is 174 Å². The van der Waals surface area contributed by atoms with E-state index in [0.717, 1.165) is 28.0 Å². The van der Waals surface area contributed by atoms with E-state index >= 15 is 0 Å². The van der Waals surface area contributed by atoms with Gasteiger partial charge in [-0.1, -0.05) is 73.1 Å². The summed E-state index contributed by atoms with van der Waals surface area (Å²) in [7, 11) is -3.74. The van der Waals surface area contributed by atoms with Crippen LogP contribution in [-0.2, 0) is 10.0 Å². The Morgan fingerprint density at radius 3 is 2.18 bits per heavy atom. The maximum atomic E-state index is 12.6. The van der Waals surface area contributed by atoms with Crippen molar-refractivity contribution in [1.82, 2.24) is 4.72 Å². The number of halogens is 1. The lowest BCUT2D eigenvalue weighted by molar-refractivity contribution is 0.236. The van der Waals surface area contributed by atoms with Crippen LogP contribution in [0.1, 0.15) is 24.8 Å². The molecule has 0 aliphatic rings. The Balaban J connectivity index is 1.82. The Morgan fingerprint density at radius 1 is 1.00 bits per heavy atom. The third-order valence-corrected chi connectivity index (χ3v) is 7.90. The number of thiophene rings is 1. The highest BCUT2D eigenvalue weighted by atomic mass is 35.5. The first-order valence-electron chi connectivity index (χ1n) is 8.98. The quantitative estimate of drug-likeness (QED) is 0.528. The molecule has 3 aromatic rings. The number of sulfonamides is 1. The highest BCUT2D eigenvalue weighted by Gasteiger charge is 2.27. The van der Waals surface area contributed by atoms with Gasteiger partial charge in [0.15, 0.2) is 0 Å². The Hall–Kier alpha value is -1.70. The third kappa shape index (κ3) is 4.82. The predicted octanol–water partition coefficient (Wildman–Crippen LogP) is 4.90. The Bertz CT molecular complexity index is 1000. The molecular formula is C21H22ClNO3S2. The van der Waals surface area contributed by atoms with Crippen molar-refractivity contribution in [3.8, 4) is 11.1 Å². The van der Waals surface area contributed by atoms with Gasteiger partial charge in [-0.2, -0.15) is 0 Å². The fourth-order valence-electron chi connectivity index (χ4n) is 3.25. The van der Waals surface area contributed by atoms with Crippen LogP contribution in [0.5, 0.6) is 0 Å². The molecule has 0 bridgehead atoms. The Kier molecular flexibility index (Phi) is 6.91. The molecular weight excluding hydrogens is 414 g/mol. The van der Waals surface area contributed by atoms with Crippen molar-refractivity contribution in [2.45, 2.75) is 29.5 Å². The molecule has 1 heterocycles. The molecule has 7 heteroatoms. The number of aliphatic hydroxyl groups is 1. The summed E-state index contributed by atoms with van der Waals surface area (Å²) in [6, 6.07) is 20.5. The smallest absolute Gasteiger partial charge is 0.250 e. The van der Waals surface area contributed by atoms with E-state index in [0.29, 0.717) is 10.8 Å². The molecule has 0 unspecified atom stereocenters. The first-order valence-corrected chi connectivity index (χ1v) is 11.7. The van der Waals surface area contributed by atoms with Gasteiger partial charge in [-0.3, -0.25) is 0 Å². The first-order chi connectivity index (χ1) is 13.4. The van der Waals surface area contributed by atoms with Gasteiger partial charge in [0.25, 0.3) is 0 Å². The minimum atomic E-state index is -3.74. The van der Waals surface area contributed by atoms with Crippen molar-refractivity contribution in [3.63, 3.8) is 0 Å². The van der Waals surface area contributed by atoms with Crippen LogP contribution in [0.3, 0.4) is 0 Å². The fourth-order valence-corrected chi connectivity index (χ4v) is 6.02. The lowest BCUT2D eigenvalue weighted by Gasteiger charge is -2.26. The average molecular weight is 436 g/mol. The second-order valence-electron chi connectivity index (χ2n) is 6.47. The van der Waals surface area contributed by atoms with Crippen LogP contribution in [0.25, 0.3) is 11.1 Å². The normalized spacial score (nSPS) is 14.0. The highest BCUT2D eigenvalue weighted by Crippen LogP contribution is 2.29. The van der Waals surface area contributed by atoms with Gasteiger partial charge in [-0.25, -0.2) is 13.1 Å². The summed E-state index contributed by atoms with van der Waals surface area (Å²) in [5.41, 5.74) is 3.19. The zero-order valence-corrected chi connectivity index (χ0v) is 17.8. The summed E-state index contributed by atoms with van der Waals surface area (Å²) in [6.07, 6.45) is 0.684. The Morgan fingerprint density at radius 2 is 1.64 bits per heavy atom. The van der Waals surface area contributed by atoms with Gasteiger partial charge in [0.2, 0.25) is 10.0 Å². The van der Waals surface area contributed by atoms with E-state index in [2.05, 4.69) is 4.72 Å². The minimum Gasteiger partial charge on any atom is -0.395 e. The lowest BCUT2D eigenvalue weighted by atomic mass is 9.89. The van der Waals surface area contributed by atoms with Gasteiger partial charge in [-0.05, 0) is 35.2 Å². The maximum absolute atomic E-state index is 12.6. The second kappa shape index (κ2) is 9.20. The van der Waals surface area contributed by atoms with Crippen molar-refractivity contribution in [1.29, 1.82) is 0 Å². The van der Waals surface area contributed by atoms with E-state index in [4.69, 9.17) is 11.6 Å². The van der Waals surface area contributed by atoms with E-state index in [1.807, 2.05) is 61.5 Å². The molecule has 2 aromatic carbocycles. The summed E-state index contributed by atoms with van der Waals surface area (Å²) < 4.78 is 28.5. The number of rotatable bonds is 8. The summed E-state index contributed by atoms with van der Waals surface area (Å²) in [5, 5.41) is 9.89. The SMILES string of the molecule is CC[C@H](c1ccc(-c2ccccc2)cc1)[C@H](CO)NS(=O)(=O)c1ccc(Cl)s1. The monoisotopic (exact) mass is 435 g/mol. The molecule has 0 fully saturated rings. The van der Waals surface area contributed by atoms with Crippen LogP contribution in [0, 0.1) is 0 Å². The molecule has 0 amide bonds. The van der Waals surface area contributed by atoms with Crippen LogP contribution < -0.4 is 4.72 Å². The molecule has 4 nitrogen and oxygen atoms in total. The second-order valence-corrected chi connectivity index (χ2v) is 10.1. The lowest BCUT2D eigenvalue weighted by Crippen LogP contribution is -2.41. The fraction of sp³-hybridized carbons (Fsp3) is 0.238. The molecule has 2 N–H and O–H groups in total. The highest BCUT2D eigenvalue weighted by molar-refractivity contribution is 7.91. The molecule has 0 saturated heterocycles. The van der Waals surface area contributed by atoms with Gasteiger partial charge in [0, 0.05) is 5.92 Å². The molecule has 0 radical (unpaired) electrons. The van der Waals surface area contributed by atoms with Crippen molar-refractivity contribution < 1.29 is 13.5 Å². The van der Waals surface area contributed by atoms with Crippen LogP contribution in [0.15, 0.2) is 70.9 Å². The van der Waals surface area contributed by atoms with Crippen LogP contribution in [0.4, 0.5) is 0 Å². The maximum Gasteiger partial charge on any atom is 0.250 e. The number of hydrogen-bond acceptors (Lipinski definition) is 4. The van der Waals surface area contributed by atoms with Gasteiger partial charge < -0.3 is 5.11 Å². The van der Waals surface area contributed by atoms with Crippen molar-refractivity contribution >= 4 is 33.0 Å². The molecule has 0 saturated carbocycles. The molecule has 28 heavy (non-hydrogen) atoms.